The van der Waals surface area contributed by atoms with Gasteiger partial charge in [-0.3, -0.25) is 10.1 Å². The first kappa shape index (κ1) is 16.8. The van der Waals surface area contributed by atoms with Crippen LogP contribution >= 0.6 is 0 Å². The van der Waals surface area contributed by atoms with Crippen LogP contribution < -0.4 is 10.1 Å². The van der Waals surface area contributed by atoms with Crippen LogP contribution in [0.25, 0.3) is 22.2 Å². The Balaban J connectivity index is 1.46. The lowest BCUT2D eigenvalue weighted by atomic mass is 9.93. The Bertz CT molecular complexity index is 906. The van der Waals surface area contributed by atoms with Crippen molar-refractivity contribution in [2.45, 2.75) is 50.5 Å². The molecule has 2 fully saturated rings. The fourth-order valence-electron chi connectivity index (χ4n) is 4.40. The summed E-state index contributed by atoms with van der Waals surface area (Å²) in [6.07, 6.45) is 9.50. The highest BCUT2D eigenvalue weighted by Crippen LogP contribution is 2.32. The van der Waals surface area contributed by atoms with E-state index in [0.717, 1.165) is 53.8 Å². The fraction of sp³-hybridized carbons (Fsp3) is 0.455. The molecule has 0 amide bonds. The van der Waals surface area contributed by atoms with Crippen LogP contribution in [0.3, 0.4) is 0 Å². The molecule has 1 saturated carbocycles. The summed E-state index contributed by atoms with van der Waals surface area (Å²) in [4.78, 5) is 5.06. The monoisotopic (exact) mass is 362 g/mol. The number of pyridine rings is 1. The fourth-order valence-corrected chi connectivity index (χ4v) is 4.40. The van der Waals surface area contributed by atoms with Gasteiger partial charge in [0.05, 0.1) is 23.5 Å². The molecule has 5 rings (SSSR count). The van der Waals surface area contributed by atoms with Crippen molar-refractivity contribution in [2.75, 3.05) is 13.1 Å². The second-order valence-electron chi connectivity index (χ2n) is 7.80. The van der Waals surface area contributed by atoms with Crippen molar-refractivity contribution in [3.8, 4) is 17.0 Å². The van der Waals surface area contributed by atoms with E-state index in [1.54, 1.807) is 0 Å². The second kappa shape index (κ2) is 7.31. The van der Waals surface area contributed by atoms with E-state index in [-0.39, 0.29) is 0 Å². The van der Waals surface area contributed by atoms with Crippen LogP contribution in [-0.4, -0.2) is 34.4 Å². The maximum atomic E-state index is 6.11. The van der Waals surface area contributed by atoms with Gasteiger partial charge in [0.2, 0.25) is 0 Å². The number of hydrogen-bond donors (Lipinski definition) is 2. The third-order valence-electron chi connectivity index (χ3n) is 5.94. The van der Waals surface area contributed by atoms with Crippen LogP contribution in [0.5, 0.6) is 5.75 Å². The Morgan fingerprint density at radius 1 is 0.963 bits per heavy atom. The summed E-state index contributed by atoms with van der Waals surface area (Å²) in [5.41, 5.74) is 4.30. The maximum absolute atomic E-state index is 6.11. The first-order valence-electron chi connectivity index (χ1n) is 10.2. The van der Waals surface area contributed by atoms with Gasteiger partial charge in [0.15, 0.2) is 0 Å². The van der Waals surface area contributed by atoms with Crippen LogP contribution in [0.2, 0.25) is 0 Å². The van der Waals surface area contributed by atoms with Crippen molar-refractivity contribution in [3.63, 3.8) is 0 Å². The van der Waals surface area contributed by atoms with Crippen LogP contribution in [0.4, 0.5) is 0 Å². The van der Waals surface area contributed by atoms with E-state index in [2.05, 4.69) is 45.8 Å². The molecule has 27 heavy (non-hydrogen) atoms. The molecule has 2 aromatic heterocycles. The average molecular weight is 362 g/mol. The molecule has 1 saturated heterocycles. The first-order valence-corrected chi connectivity index (χ1v) is 10.2. The lowest BCUT2D eigenvalue weighted by molar-refractivity contribution is 0.210. The molecule has 0 spiro atoms. The number of aromatic nitrogens is 3. The van der Waals surface area contributed by atoms with Crippen molar-refractivity contribution in [1.29, 1.82) is 0 Å². The number of rotatable bonds is 4. The summed E-state index contributed by atoms with van der Waals surface area (Å²) in [6.45, 7) is 2.14. The summed E-state index contributed by atoms with van der Waals surface area (Å²) < 4.78 is 6.11. The van der Waals surface area contributed by atoms with Gasteiger partial charge in [-0.1, -0.05) is 0 Å². The topological polar surface area (TPSA) is 62.8 Å². The van der Waals surface area contributed by atoms with E-state index in [1.165, 1.54) is 31.4 Å². The SMILES string of the molecule is c1cc(-c2nc(C3CCNCC3)cc3cn[nH]c23)ccc1OC1CCCC1. The number of nitrogens with one attached hydrogen (secondary N) is 2. The maximum Gasteiger partial charge on any atom is 0.119 e. The number of aromatic amines is 1. The molecule has 2 N–H and O–H groups in total. The van der Waals surface area contributed by atoms with Gasteiger partial charge in [-0.2, -0.15) is 5.10 Å². The zero-order valence-corrected chi connectivity index (χ0v) is 15.6. The van der Waals surface area contributed by atoms with Crippen LogP contribution in [0.15, 0.2) is 36.5 Å². The zero-order valence-electron chi connectivity index (χ0n) is 15.6. The number of hydrogen-bond acceptors (Lipinski definition) is 4. The molecule has 5 heteroatoms. The highest BCUT2D eigenvalue weighted by atomic mass is 16.5. The molecule has 0 radical (unpaired) electrons. The predicted molar refractivity (Wildman–Crippen MR) is 107 cm³/mol. The van der Waals surface area contributed by atoms with Crippen molar-refractivity contribution in [3.05, 3.63) is 42.2 Å². The molecule has 5 nitrogen and oxygen atoms in total. The number of H-pyrrole nitrogens is 1. The minimum Gasteiger partial charge on any atom is -0.490 e. The van der Waals surface area contributed by atoms with Crippen molar-refractivity contribution in [2.24, 2.45) is 0 Å². The first-order chi connectivity index (χ1) is 13.4. The summed E-state index contributed by atoms with van der Waals surface area (Å²) >= 11 is 0. The molecular weight excluding hydrogens is 336 g/mol. The van der Waals surface area contributed by atoms with Crippen molar-refractivity contribution >= 4 is 10.9 Å². The lowest BCUT2D eigenvalue weighted by Crippen LogP contribution is -2.27. The molecule has 0 unspecified atom stereocenters. The summed E-state index contributed by atoms with van der Waals surface area (Å²) in [6, 6.07) is 10.6. The number of ether oxygens (including phenoxy) is 1. The van der Waals surface area contributed by atoms with Gasteiger partial charge in [-0.25, -0.2) is 0 Å². The standard InChI is InChI=1S/C22H26N4O/c1-2-4-18(3-1)27-19-7-5-16(6-8-19)21-22-17(14-24-26-22)13-20(25-21)15-9-11-23-12-10-15/h5-8,13-15,18,23H,1-4,9-12H2,(H,24,26). The largest absolute Gasteiger partial charge is 0.490 e. The van der Waals surface area contributed by atoms with E-state index in [9.17, 15) is 0 Å². The van der Waals surface area contributed by atoms with Gasteiger partial charge >= 0.3 is 0 Å². The smallest absolute Gasteiger partial charge is 0.119 e. The molecule has 1 aliphatic carbocycles. The Morgan fingerprint density at radius 3 is 2.52 bits per heavy atom. The number of benzene rings is 1. The molecule has 2 aliphatic rings. The third-order valence-corrected chi connectivity index (χ3v) is 5.94. The minimum atomic E-state index is 0.386. The number of piperidine rings is 1. The molecule has 140 valence electrons. The molecular formula is C22H26N4O. The van der Waals surface area contributed by atoms with Crippen LogP contribution in [0.1, 0.15) is 50.1 Å². The van der Waals surface area contributed by atoms with Gasteiger partial charge in [0.1, 0.15) is 5.75 Å². The number of nitrogens with zero attached hydrogens (tertiary/aromatic N) is 2. The van der Waals surface area contributed by atoms with E-state index in [0.29, 0.717) is 12.0 Å². The molecule has 3 aromatic rings. The quantitative estimate of drug-likeness (QED) is 0.721. The van der Waals surface area contributed by atoms with Gasteiger partial charge in [0.25, 0.3) is 0 Å². The summed E-state index contributed by atoms with van der Waals surface area (Å²) in [7, 11) is 0. The second-order valence-corrected chi connectivity index (χ2v) is 7.80. The Hall–Kier alpha value is -2.40. The Morgan fingerprint density at radius 2 is 1.74 bits per heavy atom. The summed E-state index contributed by atoms with van der Waals surface area (Å²) in [5.74, 6) is 1.48. The van der Waals surface area contributed by atoms with Crippen LogP contribution in [0, 0.1) is 0 Å². The van der Waals surface area contributed by atoms with Gasteiger partial charge in [-0.15, -0.1) is 0 Å². The Labute approximate surface area is 159 Å². The minimum absolute atomic E-state index is 0.386. The lowest BCUT2D eigenvalue weighted by Gasteiger charge is -2.22. The zero-order chi connectivity index (χ0) is 18.1. The van der Waals surface area contributed by atoms with Crippen LogP contribution in [-0.2, 0) is 0 Å². The van der Waals surface area contributed by atoms with Crippen molar-refractivity contribution < 1.29 is 4.74 Å². The normalized spacial score (nSPS) is 19.0. The molecule has 1 aliphatic heterocycles. The Kier molecular flexibility index (Phi) is 4.54. The van der Waals surface area contributed by atoms with E-state index >= 15 is 0 Å². The molecule has 1 aromatic carbocycles. The molecule has 0 atom stereocenters. The van der Waals surface area contributed by atoms with Crippen molar-refractivity contribution in [1.82, 2.24) is 20.5 Å². The average Bonchev–Trinajstić information content (AvgIpc) is 3.40. The molecule has 0 bridgehead atoms. The van der Waals surface area contributed by atoms with E-state index < -0.39 is 0 Å². The summed E-state index contributed by atoms with van der Waals surface area (Å²) in [5, 5.41) is 12.0. The third kappa shape index (κ3) is 3.44. The highest BCUT2D eigenvalue weighted by molar-refractivity contribution is 5.91. The van der Waals surface area contributed by atoms with Gasteiger partial charge in [0, 0.05) is 22.6 Å². The van der Waals surface area contributed by atoms with Gasteiger partial charge in [-0.05, 0) is 81.9 Å². The molecule has 3 heterocycles. The van der Waals surface area contributed by atoms with Gasteiger partial charge < -0.3 is 10.1 Å². The number of fused-ring (bicyclic) bond motifs is 1. The van der Waals surface area contributed by atoms with E-state index in [1.807, 2.05) is 6.20 Å². The van der Waals surface area contributed by atoms with E-state index in [4.69, 9.17) is 9.72 Å². The predicted octanol–water partition coefficient (Wildman–Crippen LogP) is 4.41. The highest BCUT2D eigenvalue weighted by Gasteiger charge is 2.20.